The van der Waals surface area contributed by atoms with Crippen molar-refractivity contribution >= 4 is 39.5 Å². The van der Waals surface area contributed by atoms with Gasteiger partial charge in [-0.1, -0.05) is 0 Å². The average Bonchev–Trinajstić information content (AvgIpc) is 3.30. The SMILES string of the molecule is CO[C@H]1CCCN(c2ncc3ncnc(Nc4ccc(Oc5ccc6c(c5)ncn6C)c(C)c4)c3n2)C1. The molecule has 37 heavy (non-hydrogen) atoms. The molecule has 6 rings (SSSR count). The maximum atomic E-state index is 6.16. The third-order valence-corrected chi connectivity index (χ3v) is 6.72. The van der Waals surface area contributed by atoms with Gasteiger partial charge in [0.2, 0.25) is 5.95 Å². The van der Waals surface area contributed by atoms with E-state index >= 15 is 0 Å². The minimum absolute atomic E-state index is 0.187. The molecular weight excluding hydrogens is 468 g/mol. The minimum Gasteiger partial charge on any atom is -0.457 e. The van der Waals surface area contributed by atoms with Gasteiger partial charge in [0.25, 0.3) is 0 Å². The Morgan fingerprint density at radius 2 is 1.95 bits per heavy atom. The highest BCUT2D eigenvalue weighted by molar-refractivity contribution is 5.87. The number of fused-ring (bicyclic) bond motifs is 2. The number of benzene rings is 2. The number of nitrogens with one attached hydrogen (secondary N) is 1. The molecule has 0 radical (unpaired) electrons. The summed E-state index contributed by atoms with van der Waals surface area (Å²) in [4.78, 5) is 24.8. The lowest BCUT2D eigenvalue weighted by molar-refractivity contribution is 0.0889. The van der Waals surface area contributed by atoms with Crippen molar-refractivity contribution in [3.05, 3.63) is 60.8 Å². The number of hydrogen-bond donors (Lipinski definition) is 1. The molecule has 3 aromatic heterocycles. The van der Waals surface area contributed by atoms with Gasteiger partial charge in [-0.05, 0) is 55.7 Å². The van der Waals surface area contributed by atoms with Crippen LogP contribution < -0.4 is 15.0 Å². The molecule has 1 atom stereocenters. The first-order chi connectivity index (χ1) is 18.1. The van der Waals surface area contributed by atoms with Crippen LogP contribution in [0.1, 0.15) is 18.4 Å². The largest absolute Gasteiger partial charge is 0.457 e. The van der Waals surface area contributed by atoms with Crippen molar-refractivity contribution in [3.8, 4) is 11.5 Å². The Labute approximate surface area is 214 Å². The van der Waals surface area contributed by atoms with Crippen LogP contribution in [0.15, 0.2) is 55.2 Å². The predicted octanol–water partition coefficient (Wildman–Crippen LogP) is 4.77. The van der Waals surface area contributed by atoms with Gasteiger partial charge in [-0.3, -0.25) is 0 Å². The normalized spacial score (nSPS) is 15.9. The second-order valence-corrected chi connectivity index (χ2v) is 9.29. The second-order valence-electron chi connectivity index (χ2n) is 9.29. The molecule has 1 saturated heterocycles. The predicted molar refractivity (Wildman–Crippen MR) is 143 cm³/mol. The number of aryl methyl sites for hydroxylation is 2. The molecule has 5 aromatic rings. The number of ether oxygens (including phenoxy) is 2. The van der Waals surface area contributed by atoms with E-state index in [2.05, 4.69) is 30.2 Å². The number of methoxy groups -OCH3 is 1. The van der Waals surface area contributed by atoms with E-state index in [0.29, 0.717) is 22.8 Å². The third kappa shape index (κ3) is 4.63. The van der Waals surface area contributed by atoms with E-state index in [1.54, 1.807) is 19.6 Å². The Kier molecular flexibility index (Phi) is 6.01. The van der Waals surface area contributed by atoms with E-state index in [1.165, 1.54) is 6.33 Å². The van der Waals surface area contributed by atoms with Crippen LogP contribution in [0.5, 0.6) is 11.5 Å². The van der Waals surface area contributed by atoms with Crippen LogP contribution in [0.2, 0.25) is 0 Å². The zero-order valence-electron chi connectivity index (χ0n) is 21.0. The summed E-state index contributed by atoms with van der Waals surface area (Å²) in [7, 11) is 3.73. The summed E-state index contributed by atoms with van der Waals surface area (Å²) in [5.74, 6) is 2.81. The summed E-state index contributed by atoms with van der Waals surface area (Å²) >= 11 is 0. The Bertz CT molecular complexity index is 1580. The third-order valence-electron chi connectivity index (χ3n) is 6.72. The Morgan fingerprint density at radius 3 is 2.81 bits per heavy atom. The number of rotatable bonds is 6. The number of imidazole rings is 1. The van der Waals surface area contributed by atoms with Crippen LogP contribution in [0.3, 0.4) is 0 Å². The van der Waals surface area contributed by atoms with Gasteiger partial charge in [-0.2, -0.15) is 0 Å². The van der Waals surface area contributed by atoms with Crippen molar-refractivity contribution in [2.24, 2.45) is 7.05 Å². The number of piperidine rings is 1. The quantitative estimate of drug-likeness (QED) is 0.356. The fourth-order valence-corrected chi connectivity index (χ4v) is 4.69. The summed E-state index contributed by atoms with van der Waals surface area (Å²) in [6, 6.07) is 11.9. The van der Waals surface area contributed by atoms with Crippen molar-refractivity contribution in [2.45, 2.75) is 25.9 Å². The maximum absolute atomic E-state index is 6.16. The molecule has 0 unspecified atom stereocenters. The maximum Gasteiger partial charge on any atom is 0.226 e. The molecule has 1 N–H and O–H groups in total. The number of aromatic nitrogens is 6. The van der Waals surface area contributed by atoms with Gasteiger partial charge >= 0.3 is 0 Å². The smallest absolute Gasteiger partial charge is 0.226 e. The van der Waals surface area contributed by atoms with Gasteiger partial charge in [0, 0.05) is 39.0 Å². The fourth-order valence-electron chi connectivity index (χ4n) is 4.69. The van der Waals surface area contributed by atoms with Crippen molar-refractivity contribution in [1.82, 2.24) is 29.5 Å². The van der Waals surface area contributed by atoms with Gasteiger partial charge in [-0.15, -0.1) is 0 Å². The first kappa shape index (κ1) is 23.1. The molecule has 2 aromatic carbocycles. The molecular formula is C27H28N8O2. The Hall–Kier alpha value is -4.31. The lowest BCUT2D eigenvalue weighted by Gasteiger charge is -2.31. The first-order valence-electron chi connectivity index (χ1n) is 12.3. The molecule has 4 heterocycles. The molecule has 0 amide bonds. The van der Waals surface area contributed by atoms with Crippen molar-refractivity contribution < 1.29 is 9.47 Å². The van der Waals surface area contributed by atoms with Crippen molar-refractivity contribution in [3.63, 3.8) is 0 Å². The van der Waals surface area contributed by atoms with E-state index in [4.69, 9.17) is 14.5 Å². The zero-order valence-corrected chi connectivity index (χ0v) is 21.0. The van der Waals surface area contributed by atoms with Crippen molar-refractivity contribution in [2.75, 3.05) is 30.4 Å². The summed E-state index contributed by atoms with van der Waals surface area (Å²) in [6.45, 7) is 3.68. The summed E-state index contributed by atoms with van der Waals surface area (Å²) in [5, 5.41) is 3.40. The van der Waals surface area contributed by atoms with Gasteiger partial charge in [-0.25, -0.2) is 24.9 Å². The standard InChI is InChI=1S/C27H28N8O2/c1-17-11-18(6-9-24(17)37-19-7-8-23-21(12-19)31-16-34(23)2)32-26-25-22(29-15-30-26)13-28-27(33-25)35-10-4-5-20(14-35)36-3/h6-9,11-13,15-16,20H,4-5,10,14H2,1-3H3,(H,29,30,32)/t20-/m0/s1. The second kappa shape index (κ2) is 9.62. The molecule has 0 spiro atoms. The van der Waals surface area contributed by atoms with Crippen LogP contribution in [0.4, 0.5) is 17.5 Å². The summed E-state index contributed by atoms with van der Waals surface area (Å²) in [5.41, 5.74) is 5.18. The van der Waals surface area contributed by atoms with E-state index in [9.17, 15) is 0 Å². The lowest BCUT2D eigenvalue weighted by atomic mass is 10.1. The number of anilines is 3. The minimum atomic E-state index is 0.187. The monoisotopic (exact) mass is 496 g/mol. The molecule has 0 aliphatic carbocycles. The molecule has 10 heteroatoms. The van der Waals surface area contributed by atoms with E-state index < -0.39 is 0 Å². The van der Waals surface area contributed by atoms with Crippen LogP contribution >= 0.6 is 0 Å². The van der Waals surface area contributed by atoms with Gasteiger partial charge in [0.1, 0.15) is 28.9 Å². The van der Waals surface area contributed by atoms with Gasteiger partial charge in [0.05, 0.1) is 29.7 Å². The highest BCUT2D eigenvalue weighted by Crippen LogP contribution is 2.31. The van der Waals surface area contributed by atoms with E-state index in [-0.39, 0.29) is 6.10 Å². The van der Waals surface area contributed by atoms with Crippen LogP contribution in [0, 0.1) is 6.92 Å². The lowest BCUT2D eigenvalue weighted by Crippen LogP contribution is -2.40. The highest BCUT2D eigenvalue weighted by atomic mass is 16.5. The number of nitrogens with zero attached hydrogens (tertiary/aromatic N) is 7. The zero-order chi connectivity index (χ0) is 25.4. The fraction of sp³-hybridized carbons (Fsp3) is 0.296. The van der Waals surface area contributed by atoms with Gasteiger partial charge < -0.3 is 24.3 Å². The molecule has 10 nitrogen and oxygen atoms in total. The van der Waals surface area contributed by atoms with Crippen LogP contribution in [-0.4, -0.2) is 55.8 Å². The topological polar surface area (TPSA) is 103 Å². The van der Waals surface area contributed by atoms with Crippen LogP contribution in [-0.2, 0) is 11.8 Å². The molecule has 1 aliphatic heterocycles. The average molecular weight is 497 g/mol. The Balaban J connectivity index is 1.24. The molecule has 0 bridgehead atoms. The summed E-state index contributed by atoms with van der Waals surface area (Å²) in [6.07, 6.45) is 7.35. The van der Waals surface area contributed by atoms with Crippen molar-refractivity contribution in [1.29, 1.82) is 0 Å². The van der Waals surface area contributed by atoms with Crippen LogP contribution in [0.25, 0.3) is 22.1 Å². The number of hydrogen-bond acceptors (Lipinski definition) is 9. The van der Waals surface area contributed by atoms with E-state index in [1.807, 2.05) is 54.9 Å². The molecule has 188 valence electrons. The van der Waals surface area contributed by atoms with E-state index in [0.717, 1.165) is 59.7 Å². The molecule has 1 aliphatic rings. The Morgan fingerprint density at radius 1 is 1.03 bits per heavy atom. The van der Waals surface area contributed by atoms with Gasteiger partial charge in [0.15, 0.2) is 5.82 Å². The molecule has 0 saturated carbocycles. The first-order valence-corrected chi connectivity index (χ1v) is 12.3. The highest BCUT2D eigenvalue weighted by Gasteiger charge is 2.22. The summed E-state index contributed by atoms with van der Waals surface area (Å²) < 4.78 is 13.7. The molecule has 1 fully saturated rings.